The van der Waals surface area contributed by atoms with Crippen molar-refractivity contribution in [2.45, 2.75) is 280 Å². The molecule has 0 aromatic carbocycles. The Bertz CT molecular complexity index is 1450. The van der Waals surface area contributed by atoms with Crippen LogP contribution in [0.5, 0.6) is 0 Å². The highest BCUT2D eigenvalue weighted by Gasteiger charge is 2.47. The molecule has 0 amide bonds. The predicted octanol–water partition coefficient (Wildman–Crippen LogP) is 9.44. The van der Waals surface area contributed by atoms with Gasteiger partial charge in [-0.15, -0.1) is 0 Å². The standard InChI is InChI=1S/C58H102O15/c1-3-5-7-9-11-13-15-17-19-21-23-25-27-29-31-33-35-37-39-41-50(61)71-46(43-68-49(60)40-38-36-34-32-30-28-26-24-22-20-18-16-14-12-10-8-6-4-2)44-69-57-56(67)54(65)52(63)48(73-57)45-70-58-55(66)53(64)51(62)47(42-59)72-58/h5,7,11,13,17,19,23,25,46-48,51-59,62-67H,3-4,6,8-10,12,14-16,18,20-22,24,26-45H2,1-2H3/b7-5-,13-11-,19-17-,25-23-. The van der Waals surface area contributed by atoms with Crippen molar-refractivity contribution >= 4 is 11.9 Å². The fraction of sp³-hybridized carbons (Fsp3) is 0.828. The second-order valence-corrected chi connectivity index (χ2v) is 20.1. The van der Waals surface area contributed by atoms with Crippen molar-refractivity contribution in [3.63, 3.8) is 0 Å². The van der Waals surface area contributed by atoms with Crippen LogP contribution in [0.2, 0.25) is 0 Å². The Morgan fingerprint density at radius 3 is 1.36 bits per heavy atom. The van der Waals surface area contributed by atoms with Crippen molar-refractivity contribution < 1.29 is 73.8 Å². The van der Waals surface area contributed by atoms with Crippen molar-refractivity contribution in [2.75, 3.05) is 26.4 Å². The monoisotopic (exact) mass is 1040 g/mol. The normalized spacial score (nSPS) is 25.2. The average Bonchev–Trinajstić information content (AvgIpc) is 3.38. The minimum Gasteiger partial charge on any atom is -0.462 e. The number of hydrogen-bond acceptors (Lipinski definition) is 15. The molecule has 15 heteroatoms. The second kappa shape index (κ2) is 44.6. The summed E-state index contributed by atoms with van der Waals surface area (Å²) in [7, 11) is 0. The average molecular weight is 1040 g/mol. The number of hydrogen-bond donors (Lipinski definition) is 7. The fourth-order valence-electron chi connectivity index (χ4n) is 8.92. The zero-order chi connectivity index (χ0) is 53.2. The smallest absolute Gasteiger partial charge is 0.306 e. The summed E-state index contributed by atoms with van der Waals surface area (Å²) in [5.41, 5.74) is 0. The molecule has 73 heavy (non-hydrogen) atoms. The summed E-state index contributed by atoms with van der Waals surface area (Å²) in [5.74, 6) is -0.934. The minimum atomic E-state index is -1.77. The maximum absolute atomic E-state index is 13.1. The van der Waals surface area contributed by atoms with Gasteiger partial charge in [0.05, 0.1) is 19.8 Å². The van der Waals surface area contributed by atoms with E-state index in [0.717, 1.165) is 83.5 Å². The van der Waals surface area contributed by atoms with E-state index < -0.39 is 92.7 Å². The molecule has 0 spiro atoms. The Kier molecular flexibility index (Phi) is 40.6. The lowest BCUT2D eigenvalue weighted by atomic mass is 9.98. The Morgan fingerprint density at radius 2 is 0.863 bits per heavy atom. The molecule has 15 nitrogen and oxygen atoms in total. The van der Waals surface area contributed by atoms with Crippen LogP contribution in [-0.4, -0.2) is 142 Å². The number of carbonyl (C=O) groups excluding carboxylic acids is 2. The maximum atomic E-state index is 13.1. The van der Waals surface area contributed by atoms with E-state index in [2.05, 4.69) is 62.5 Å². The first kappa shape index (κ1) is 66.6. The van der Waals surface area contributed by atoms with E-state index in [1.807, 2.05) is 0 Å². The van der Waals surface area contributed by atoms with Gasteiger partial charge in [-0.05, 0) is 51.4 Å². The number of aliphatic hydroxyl groups excluding tert-OH is 7. The lowest BCUT2D eigenvalue weighted by Gasteiger charge is -2.42. The lowest BCUT2D eigenvalue weighted by Crippen LogP contribution is -2.61. The molecular formula is C58H102O15. The number of rotatable bonds is 45. The van der Waals surface area contributed by atoms with Gasteiger partial charge < -0.3 is 64.2 Å². The van der Waals surface area contributed by atoms with Gasteiger partial charge in [-0.1, -0.05) is 197 Å². The van der Waals surface area contributed by atoms with Crippen LogP contribution in [0.3, 0.4) is 0 Å². The van der Waals surface area contributed by atoms with Gasteiger partial charge in [-0.2, -0.15) is 0 Å². The third kappa shape index (κ3) is 32.0. The van der Waals surface area contributed by atoms with Crippen molar-refractivity contribution in [2.24, 2.45) is 0 Å². The van der Waals surface area contributed by atoms with Gasteiger partial charge in [-0.3, -0.25) is 9.59 Å². The Labute approximate surface area is 439 Å². The molecule has 2 rings (SSSR count). The van der Waals surface area contributed by atoms with Crippen molar-refractivity contribution in [1.82, 2.24) is 0 Å². The molecule has 424 valence electrons. The number of allylic oxidation sites excluding steroid dienone is 8. The third-order valence-corrected chi connectivity index (χ3v) is 13.6. The molecule has 0 saturated carbocycles. The number of esters is 2. The van der Waals surface area contributed by atoms with Crippen molar-refractivity contribution in [3.8, 4) is 0 Å². The van der Waals surface area contributed by atoms with E-state index in [1.165, 1.54) is 89.9 Å². The molecule has 11 unspecified atom stereocenters. The highest BCUT2D eigenvalue weighted by atomic mass is 16.7. The summed E-state index contributed by atoms with van der Waals surface area (Å²) < 4.78 is 33.7. The summed E-state index contributed by atoms with van der Waals surface area (Å²) >= 11 is 0. The quantitative estimate of drug-likeness (QED) is 0.0171. The van der Waals surface area contributed by atoms with Gasteiger partial charge in [0.2, 0.25) is 0 Å². The minimum absolute atomic E-state index is 0.149. The van der Waals surface area contributed by atoms with Crippen LogP contribution in [0, 0.1) is 0 Å². The highest BCUT2D eigenvalue weighted by molar-refractivity contribution is 5.70. The van der Waals surface area contributed by atoms with Gasteiger partial charge in [-0.25, -0.2) is 0 Å². The fourth-order valence-corrected chi connectivity index (χ4v) is 8.92. The van der Waals surface area contributed by atoms with Gasteiger partial charge in [0.15, 0.2) is 18.7 Å². The molecule has 2 aliphatic heterocycles. The molecule has 0 radical (unpaired) electrons. The molecule has 7 N–H and O–H groups in total. The number of carbonyl (C=O) groups is 2. The SMILES string of the molecule is CC/C=C\C/C=C\C/C=C\C/C=C\CCCCCCCCC(=O)OC(COC(=O)CCCCCCCCCCCCCCCCCCCC)COC1OC(COC2OC(CO)C(O)C(O)C2O)C(O)C(O)C1O. The van der Waals surface area contributed by atoms with Gasteiger partial charge in [0.25, 0.3) is 0 Å². The molecule has 0 bridgehead atoms. The molecular weight excluding hydrogens is 937 g/mol. The first-order chi connectivity index (χ1) is 35.5. The molecule has 2 aliphatic rings. The van der Waals surface area contributed by atoms with Crippen LogP contribution in [0.1, 0.15) is 213 Å². The Morgan fingerprint density at radius 1 is 0.452 bits per heavy atom. The summed E-state index contributed by atoms with van der Waals surface area (Å²) in [4.78, 5) is 25.9. The number of unbranched alkanes of at least 4 members (excludes halogenated alkanes) is 23. The Hall–Kier alpha value is -2.54. The molecule has 11 atom stereocenters. The molecule has 2 heterocycles. The van der Waals surface area contributed by atoms with E-state index in [4.69, 9.17) is 28.4 Å². The molecule has 0 aromatic heterocycles. The molecule has 2 saturated heterocycles. The zero-order valence-electron chi connectivity index (χ0n) is 45.1. The van der Waals surface area contributed by atoms with E-state index in [-0.39, 0.29) is 26.1 Å². The summed E-state index contributed by atoms with van der Waals surface area (Å²) in [6.45, 7) is 2.49. The molecule has 0 aliphatic carbocycles. The van der Waals surface area contributed by atoms with Crippen LogP contribution in [0.4, 0.5) is 0 Å². The van der Waals surface area contributed by atoms with E-state index in [9.17, 15) is 45.3 Å². The summed E-state index contributed by atoms with van der Waals surface area (Å²) in [5, 5.41) is 72.3. The topological polar surface area (TPSA) is 231 Å². The van der Waals surface area contributed by atoms with Gasteiger partial charge in [0.1, 0.15) is 55.4 Å². The first-order valence-corrected chi connectivity index (χ1v) is 28.7. The van der Waals surface area contributed by atoms with Crippen LogP contribution in [0.25, 0.3) is 0 Å². The predicted molar refractivity (Wildman–Crippen MR) is 284 cm³/mol. The van der Waals surface area contributed by atoms with Gasteiger partial charge >= 0.3 is 11.9 Å². The summed E-state index contributed by atoms with van der Waals surface area (Å²) in [6, 6.07) is 0. The van der Waals surface area contributed by atoms with Crippen molar-refractivity contribution in [3.05, 3.63) is 48.6 Å². The van der Waals surface area contributed by atoms with Gasteiger partial charge in [0, 0.05) is 12.8 Å². The van der Waals surface area contributed by atoms with Crippen LogP contribution in [-0.2, 0) is 38.0 Å². The lowest BCUT2D eigenvalue weighted by molar-refractivity contribution is -0.332. The van der Waals surface area contributed by atoms with E-state index >= 15 is 0 Å². The number of aliphatic hydroxyl groups is 7. The van der Waals surface area contributed by atoms with Crippen LogP contribution < -0.4 is 0 Å². The highest BCUT2D eigenvalue weighted by Crippen LogP contribution is 2.27. The van der Waals surface area contributed by atoms with Crippen molar-refractivity contribution in [1.29, 1.82) is 0 Å². The Balaban J connectivity index is 1.77. The van der Waals surface area contributed by atoms with E-state index in [1.54, 1.807) is 0 Å². The van der Waals surface area contributed by atoms with Crippen LogP contribution in [0.15, 0.2) is 48.6 Å². The second-order valence-electron chi connectivity index (χ2n) is 20.1. The zero-order valence-corrected chi connectivity index (χ0v) is 45.1. The van der Waals surface area contributed by atoms with E-state index in [0.29, 0.717) is 12.8 Å². The molecule has 2 fully saturated rings. The molecule has 0 aromatic rings. The first-order valence-electron chi connectivity index (χ1n) is 28.7. The maximum Gasteiger partial charge on any atom is 0.306 e. The number of ether oxygens (including phenoxy) is 6. The van der Waals surface area contributed by atoms with Crippen LogP contribution >= 0.6 is 0 Å². The largest absolute Gasteiger partial charge is 0.462 e. The summed E-state index contributed by atoms with van der Waals surface area (Å²) in [6.07, 6.45) is 34.1. The third-order valence-electron chi connectivity index (χ3n) is 13.6.